The molecule has 0 saturated carbocycles. The molecular weight excluding hydrogens is 305 g/mol. The molecule has 0 aliphatic carbocycles. The maximum atomic E-state index is 4.89. The molecule has 0 spiro atoms. The lowest BCUT2D eigenvalue weighted by Gasteiger charge is -2.35. The largest absolute Gasteiger partial charge is 0.330 e. The van der Waals surface area contributed by atoms with E-state index in [1.165, 1.54) is 50.1 Å². The number of halogens is 2. The minimum Gasteiger partial charge on any atom is -0.330 e. The first-order chi connectivity index (χ1) is 9.31. The summed E-state index contributed by atoms with van der Waals surface area (Å²) in [7, 11) is 2.16. The fraction of sp³-hybridized carbons (Fsp3) is 0.562. The minimum atomic E-state index is 0. The van der Waals surface area contributed by atoms with E-state index in [4.69, 9.17) is 4.98 Å². The number of aromatic nitrogens is 2. The van der Waals surface area contributed by atoms with Crippen LogP contribution in [0, 0.1) is 0 Å². The van der Waals surface area contributed by atoms with Crippen LogP contribution in [0.4, 0.5) is 0 Å². The Labute approximate surface area is 139 Å². The molecule has 3 rings (SSSR count). The molecule has 2 aromatic rings. The van der Waals surface area contributed by atoms with Gasteiger partial charge in [-0.15, -0.1) is 24.8 Å². The van der Waals surface area contributed by atoms with Crippen molar-refractivity contribution in [1.82, 2.24) is 14.5 Å². The Hall–Kier alpha value is -0.770. The summed E-state index contributed by atoms with van der Waals surface area (Å²) in [5.74, 6) is 1.24. The van der Waals surface area contributed by atoms with Gasteiger partial charge in [0.05, 0.1) is 17.1 Å². The van der Waals surface area contributed by atoms with Crippen LogP contribution in [0.5, 0.6) is 0 Å². The van der Waals surface area contributed by atoms with Gasteiger partial charge in [0.2, 0.25) is 0 Å². The zero-order chi connectivity index (χ0) is 13.2. The summed E-state index contributed by atoms with van der Waals surface area (Å²) >= 11 is 0. The van der Waals surface area contributed by atoms with Crippen LogP contribution in [0.2, 0.25) is 0 Å². The highest BCUT2D eigenvalue weighted by molar-refractivity contribution is 5.85. The van der Waals surface area contributed by atoms with E-state index in [0.29, 0.717) is 6.04 Å². The van der Waals surface area contributed by atoms with Gasteiger partial charge < -0.3 is 4.57 Å². The van der Waals surface area contributed by atoms with Crippen LogP contribution in [0.25, 0.3) is 11.0 Å². The molecule has 1 atom stereocenters. The second-order valence-electron chi connectivity index (χ2n) is 5.57. The molecule has 2 heterocycles. The second kappa shape index (κ2) is 8.02. The molecule has 1 aromatic heterocycles. The maximum absolute atomic E-state index is 4.89. The summed E-state index contributed by atoms with van der Waals surface area (Å²) < 4.78 is 2.29. The average Bonchev–Trinajstić information content (AvgIpc) is 2.78. The van der Waals surface area contributed by atoms with E-state index < -0.39 is 0 Å². The van der Waals surface area contributed by atoms with E-state index >= 15 is 0 Å². The predicted molar refractivity (Wildman–Crippen MR) is 93.7 cm³/mol. The third-order valence-corrected chi connectivity index (χ3v) is 4.24. The molecule has 0 N–H and O–H groups in total. The van der Waals surface area contributed by atoms with Crippen LogP contribution in [0.15, 0.2) is 24.3 Å². The van der Waals surface area contributed by atoms with Gasteiger partial charge in [-0.2, -0.15) is 0 Å². The Balaban J connectivity index is 0.00000110. The Kier molecular flexibility index (Phi) is 6.98. The summed E-state index contributed by atoms with van der Waals surface area (Å²) in [6.45, 7) is 4.68. The van der Waals surface area contributed by atoms with Crippen molar-refractivity contribution in [2.45, 2.75) is 38.6 Å². The third kappa shape index (κ3) is 3.53. The third-order valence-electron chi connectivity index (χ3n) is 4.24. The lowest BCUT2D eigenvalue weighted by Crippen LogP contribution is -2.35. The fourth-order valence-corrected chi connectivity index (χ4v) is 3.30. The van der Waals surface area contributed by atoms with Crippen molar-refractivity contribution >= 4 is 35.8 Å². The number of hydrogen-bond donors (Lipinski definition) is 0. The topological polar surface area (TPSA) is 21.1 Å². The van der Waals surface area contributed by atoms with Crippen LogP contribution in [-0.2, 0) is 7.05 Å². The Bertz CT molecular complexity index is 566. The fourth-order valence-electron chi connectivity index (χ4n) is 3.30. The molecule has 1 saturated heterocycles. The predicted octanol–water partition coefficient (Wildman–Crippen LogP) is 4.35. The van der Waals surface area contributed by atoms with Gasteiger partial charge in [0, 0.05) is 7.05 Å². The lowest BCUT2D eigenvalue weighted by atomic mass is 10.0. The monoisotopic (exact) mass is 329 g/mol. The molecule has 1 fully saturated rings. The van der Waals surface area contributed by atoms with Gasteiger partial charge in [-0.05, 0) is 44.5 Å². The van der Waals surface area contributed by atoms with Gasteiger partial charge in [-0.3, -0.25) is 4.90 Å². The molecule has 1 aliphatic rings. The number of para-hydroxylation sites is 2. The minimum absolute atomic E-state index is 0. The second-order valence-corrected chi connectivity index (χ2v) is 5.57. The molecule has 1 aromatic carbocycles. The maximum Gasteiger partial charge on any atom is 0.127 e. The number of nitrogens with zero attached hydrogens (tertiary/aromatic N) is 3. The van der Waals surface area contributed by atoms with Gasteiger partial charge in [0.25, 0.3) is 0 Å². The highest BCUT2D eigenvalue weighted by Gasteiger charge is 2.27. The van der Waals surface area contributed by atoms with Crippen molar-refractivity contribution in [2.75, 3.05) is 13.1 Å². The molecule has 0 amide bonds. The number of fused-ring (bicyclic) bond motifs is 1. The summed E-state index contributed by atoms with van der Waals surface area (Å²) in [5, 5.41) is 0. The highest BCUT2D eigenvalue weighted by Crippen LogP contribution is 2.31. The number of imidazole rings is 1. The zero-order valence-corrected chi connectivity index (χ0v) is 14.4. The van der Waals surface area contributed by atoms with Crippen molar-refractivity contribution in [2.24, 2.45) is 7.05 Å². The molecule has 0 unspecified atom stereocenters. The lowest BCUT2D eigenvalue weighted by molar-refractivity contribution is 0.140. The average molecular weight is 330 g/mol. The van der Waals surface area contributed by atoms with E-state index in [-0.39, 0.29) is 24.8 Å². The Morgan fingerprint density at radius 1 is 1.19 bits per heavy atom. The van der Waals surface area contributed by atoms with Crippen molar-refractivity contribution in [3.05, 3.63) is 30.1 Å². The first-order valence-corrected chi connectivity index (χ1v) is 7.46. The van der Waals surface area contributed by atoms with Crippen molar-refractivity contribution in [3.8, 4) is 0 Å². The van der Waals surface area contributed by atoms with Crippen molar-refractivity contribution < 1.29 is 0 Å². The normalized spacial score (nSPS) is 19.0. The first kappa shape index (κ1) is 18.3. The number of aryl methyl sites for hydroxylation is 1. The molecule has 5 heteroatoms. The number of likely N-dealkylation sites (tertiary alicyclic amines) is 1. The van der Waals surface area contributed by atoms with Crippen LogP contribution >= 0.6 is 24.8 Å². The van der Waals surface area contributed by atoms with Gasteiger partial charge in [0.1, 0.15) is 5.82 Å². The molecule has 1 aliphatic heterocycles. The highest BCUT2D eigenvalue weighted by atomic mass is 35.5. The number of hydrogen-bond acceptors (Lipinski definition) is 2. The number of piperidine rings is 1. The number of benzene rings is 1. The van der Waals surface area contributed by atoms with Crippen molar-refractivity contribution in [1.29, 1.82) is 0 Å². The summed E-state index contributed by atoms with van der Waals surface area (Å²) in [6, 6.07) is 8.96. The molecule has 3 nitrogen and oxygen atoms in total. The molecule has 0 radical (unpaired) electrons. The van der Waals surface area contributed by atoms with Gasteiger partial charge in [0.15, 0.2) is 0 Å². The summed E-state index contributed by atoms with van der Waals surface area (Å²) in [6.07, 6.45) is 5.13. The summed E-state index contributed by atoms with van der Waals surface area (Å²) in [4.78, 5) is 7.51. The van der Waals surface area contributed by atoms with Gasteiger partial charge in [-0.1, -0.05) is 25.5 Å². The van der Waals surface area contributed by atoms with E-state index in [2.05, 4.69) is 47.7 Å². The van der Waals surface area contributed by atoms with E-state index in [1.807, 2.05) is 0 Å². The molecule has 0 bridgehead atoms. The standard InChI is InChI=1S/C16H23N3.2ClH/c1-3-11-19-12-7-6-10-15(19)16-17-13-8-4-5-9-14(13)18(16)2;;/h4-5,8-9,15H,3,6-7,10-12H2,1-2H3;2*1H/t15-;;/m0../s1. The van der Waals surface area contributed by atoms with Crippen LogP contribution in [-0.4, -0.2) is 27.5 Å². The SMILES string of the molecule is CCCN1CCCC[C@H]1c1nc2ccccc2n1C.Cl.Cl. The van der Waals surface area contributed by atoms with Crippen LogP contribution in [0.3, 0.4) is 0 Å². The Morgan fingerprint density at radius 3 is 2.67 bits per heavy atom. The Morgan fingerprint density at radius 2 is 1.95 bits per heavy atom. The van der Waals surface area contributed by atoms with Crippen molar-refractivity contribution in [3.63, 3.8) is 0 Å². The van der Waals surface area contributed by atoms with Crippen LogP contribution in [0.1, 0.15) is 44.5 Å². The molecule has 21 heavy (non-hydrogen) atoms. The van der Waals surface area contributed by atoms with Crippen LogP contribution < -0.4 is 0 Å². The summed E-state index contributed by atoms with van der Waals surface area (Å²) in [5.41, 5.74) is 2.38. The zero-order valence-electron chi connectivity index (χ0n) is 12.8. The van der Waals surface area contributed by atoms with Gasteiger partial charge >= 0.3 is 0 Å². The van der Waals surface area contributed by atoms with E-state index in [9.17, 15) is 0 Å². The van der Waals surface area contributed by atoms with Gasteiger partial charge in [-0.25, -0.2) is 4.98 Å². The smallest absolute Gasteiger partial charge is 0.127 e. The number of rotatable bonds is 3. The molecule has 118 valence electrons. The molecular formula is C16H25Cl2N3. The van der Waals surface area contributed by atoms with E-state index in [1.54, 1.807) is 0 Å². The quantitative estimate of drug-likeness (QED) is 0.834. The first-order valence-electron chi connectivity index (χ1n) is 7.46. The van der Waals surface area contributed by atoms with E-state index in [0.717, 1.165) is 5.52 Å².